The maximum absolute atomic E-state index is 12.6. The van der Waals surface area contributed by atoms with Crippen molar-refractivity contribution >= 4 is 5.78 Å². The summed E-state index contributed by atoms with van der Waals surface area (Å²) >= 11 is 0. The van der Waals surface area contributed by atoms with Crippen LogP contribution in [0.25, 0.3) is 0 Å². The average Bonchev–Trinajstić information content (AvgIpc) is 2.91. The second kappa shape index (κ2) is 12.1. The van der Waals surface area contributed by atoms with Crippen molar-refractivity contribution in [2.24, 2.45) is 0 Å². The Labute approximate surface area is 169 Å². The summed E-state index contributed by atoms with van der Waals surface area (Å²) in [5.74, 6) is 2.13. The summed E-state index contributed by atoms with van der Waals surface area (Å²) in [5, 5.41) is 0. The van der Waals surface area contributed by atoms with Gasteiger partial charge in [0.1, 0.15) is 5.76 Å². The van der Waals surface area contributed by atoms with Gasteiger partial charge in [-0.25, -0.2) is 0 Å². The quantitative estimate of drug-likeness (QED) is 0.317. The molecule has 0 aromatic heterocycles. The van der Waals surface area contributed by atoms with E-state index in [1.165, 1.54) is 12.7 Å². The third-order valence-electron chi connectivity index (χ3n) is 4.79. The Balaban J connectivity index is 3.48. The van der Waals surface area contributed by atoms with Gasteiger partial charge in [-0.05, 0) is 63.7 Å². The molecular formula is C23H34O5. The van der Waals surface area contributed by atoms with Gasteiger partial charge < -0.3 is 18.9 Å². The summed E-state index contributed by atoms with van der Waals surface area (Å²) in [4.78, 5) is 12.6. The molecule has 0 atom stereocenters. The maximum Gasteiger partial charge on any atom is 0.219 e. The molecule has 0 unspecified atom stereocenters. The molecule has 5 heteroatoms. The van der Waals surface area contributed by atoms with Gasteiger partial charge in [0.2, 0.25) is 5.78 Å². The van der Waals surface area contributed by atoms with Crippen LogP contribution in [-0.2, 0) is 23.7 Å². The zero-order chi connectivity index (χ0) is 21.1. The molecule has 1 rings (SSSR count). The molecule has 0 aromatic rings. The highest BCUT2D eigenvalue weighted by molar-refractivity contribution is 6.02. The molecule has 0 bridgehead atoms. The van der Waals surface area contributed by atoms with Crippen molar-refractivity contribution in [2.45, 2.75) is 52.9 Å². The Bertz CT molecular complexity index is 705. The molecule has 1 aliphatic rings. The highest BCUT2D eigenvalue weighted by Crippen LogP contribution is 2.36. The van der Waals surface area contributed by atoms with Gasteiger partial charge in [-0.15, -0.1) is 0 Å². The van der Waals surface area contributed by atoms with Crippen molar-refractivity contribution in [3.8, 4) is 0 Å². The summed E-state index contributed by atoms with van der Waals surface area (Å²) in [5.41, 5.74) is 3.27. The zero-order valence-corrected chi connectivity index (χ0v) is 18.3. The van der Waals surface area contributed by atoms with Gasteiger partial charge in [-0.1, -0.05) is 18.6 Å². The van der Waals surface area contributed by atoms with Crippen molar-refractivity contribution in [1.29, 1.82) is 0 Å². The minimum atomic E-state index is -0.0998. The van der Waals surface area contributed by atoms with Crippen LogP contribution < -0.4 is 0 Å². The summed E-state index contributed by atoms with van der Waals surface area (Å²) in [7, 11) is 6.36. The van der Waals surface area contributed by atoms with E-state index in [0.717, 1.165) is 36.8 Å². The molecule has 0 aliphatic heterocycles. The van der Waals surface area contributed by atoms with Crippen molar-refractivity contribution in [2.75, 3.05) is 28.4 Å². The van der Waals surface area contributed by atoms with Crippen molar-refractivity contribution in [3.05, 3.63) is 58.0 Å². The third-order valence-corrected chi connectivity index (χ3v) is 4.79. The zero-order valence-electron chi connectivity index (χ0n) is 18.3. The van der Waals surface area contributed by atoms with E-state index in [1.54, 1.807) is 33.5 Å². The highest BCUT2D eigenvalue weighted by Gasteiger charge is 2.23. The first-order valence-electron chi connectivity index (χ1n) is 9.67. The molecule has 28 heavy (non-hydrogen) atoms. The normalized spacial score (nSPS) is 21.0. The van der Waals surface area contributed by atoms with E-state index in [0.29, 0.717) is 29.5 Å². The van der Waals surface area contributed by atoms with Crippen LogP contribution in [0.1, 0.15) is 52.9 Å². The molecule has 5 nitrogen and oxygen atoms in total. The van der Waals surface area contributed by atoms with Gasteiger partial charge in [-0.2, -0.15) is 0 Å². The maximum atomic E-state index is 12.6. The third kappa shape index (κ3) is 6.04. The lowest BCUT2D eigenvalue weighted by Crippen LogP contribution is -2.07. The Hall–Kier alpha value is -2.43. The van der Waals surface area contributed by atoms with Crippen LogP contribution in [0.3, 0.4) is 0 Å². The average molecular weight is 391 g/mol. The minimum absolute atomic E-state index is 0.0998. The number of hydrogen-bond acceptors (Lipinski definition) is 5. The summed E-state index contributed by atoms with van der Waals surface area (Å²) in [6.07, 6.45) is 9.70. The second-order valence-electron chi connectivity index (χ2n) is 6.50. The second-order valence-corrected chi connectivity index (χ2v) is 6.50. The van der Waals surface area contributed by atoms with E-state index in [1.807, 2.05) is 20.8 Å². The number of allylic oxidation sites excluding steroid dienone is 7. The standard InChI is InChI=1S/C23H34O5/c1-8-11-21(26-5)20(24)15-17-12-10-13-18(9-2)19(14-17)23(28-7)22(27-6)16(3)25-4/h9,11,15H,8,10,12-14H2,1-7H3/b17-15-,18-9-,21-11+,22-16-,23-19+. The number of ether oxygens (including phenoxy) is 4. The van der Waals surface area contributed by atoms with Crippen LogP contribution in [0.4, 0.5) is 0 Å². The molecule has 0 saturated heterocycles. The SMILES string of the molecule is C/C=C1/CCC/C(=C/C(=O)/C(=C\CC)OC)C/C1=C(OC)/C(OC)=C(\C)OC. The molecule has 1 aliphatic carbocycles. The molecule has 0 heterocycles. The predicted molar refractivity (Wildman–Crippen MR) is 111 cm³/mol. The van der Waals surface area contributed by atoms with Gasteiger partial charge in [-0.3, -0.25) is 4.79 Å². The fraction of sp³-hybridized carbons (Fsp3) is 0.522. The molecular weight excluding hydrogens is 356 g/mol. The smallest absolute Gasteiger partial charge is 0.219 e. The Morgan fingerprint density at radius 1 is 1.04 bits per heavy atom. The topological polar surface area (TPSA) is 54.0 Å². The molecule has 0 aromatic carbocycles. The van der Waals surface area contributed by atoms with Crippen LogP contribution in [-0.4, -0.2) is 34.2 Å². The van der Waals surface area contributed by atoms with Gasteiger partial charge in [0, 0.05) is 5.57 Å². The molecule has 0 radical (unpaired) electrons. The number of carbonyl (C=O) groups is 1. The van der Waals surface area contributed by atoms with Crippen molar-refractivity contribution in [3.63, 3.8) is 0 Å². The van der Waals surface area contributed by atoms with Crippen LogP contribution in [0.15, 0.2) is 58.0 Å². The van der Waals surface area contributed by atoms with E-state index in [4.69, 9.17) is 18.9 Å². The molecule has 1 saturated carbocycles. The van der Waals surface area contributed by atoms with E-state index in [2.05, 4.69) is 6.08 Å². The van der Waals surface area contributed by atoms with Crippen molar-refractivity contribution in [1.82, 2.24) is 0 Å². The first kappa shape index (κ1) is 23.6. The lowest BCUT2D eigenvalue weighted by atomic mass is 9.96. The van der Waals surface area contributed by atoms with Gasteiger partial charge in [0.05, 0.1) is 28.4 Å². The van der Waals surface area contributed by atoms with E-state index >= 15 is 0 Å². The number of methoxy groups -OCH3 is 4. The van der Waals surface area contributed by atoms with Gasteiger partial charge >= 0.3 is 0 Å². The number of hydrogen-bond donors (Lipinski definition) is 0. The number of carbonyl (C=O) groups excluding carboxylic acids is 1. The summed E-state index contributed by atoms with van der Waals surface area (Å²) in [6.45, 7) is 5.84. The molecule has 156 valence electrons. The highest BCUT2D eigenvalue weighted by atomic mass is 16.5. The summed E-state index contributed by atoms with van der Waals surface area (Å²) in [6, 6.07) is 0. The van der Waals surface area contributed by atoms with Crippen molar-refractivity contribution < 1.29 is 23.7 Å². The molecule has 0 amide bonds. The van der Waals surface area contributed by atoms with Crippen LogP contribution in [0.5, 0.6) is 0 Å². The Kier molecular flexibility index (Phi) is 10.2. The van der Waals surface area contributed by atoms with Crippen LogP contribution in [0.2, 0.25) is 0 Å². The Morgan fingerprint density at radius 2 is 1.75 bits per heavy atom. The Morgan fingerprint density at radius 3 is 2.25 bits per heavy atom. The molecule has 1 fully saturated rings. The first-order valence-corrected chi connectivity index (χ1v) is 9.67. The minimum Gasteiger partial charge on any atom is -0.497 e. The summed E-state index contributed by atoms with van der Waals surface area (Å²) < 4.78 is 21.9. The molecule has 0 spiro atoms. The monoisotopic (exact) mass is 390 g/mol. The van der Waals surface area contributed by atoms with E-state index < -0.39 is 0 Å². The fourth-order valence-corrected chi connectivity index (χ4v) is 3.32. The lowest BCUT2D eigenvalue weighted by Gasteiger charge is -2.19. The van der Waals surface area contributed by atoms with Crippen LogP contribution >= 0.6 is 0 Å². The van der Waals surface area contributed by atoms with Crippen LogP contribution in [0, 0.1) is 0 Å². The number of ketones is 1. The van der Waals surface area contributed by atoms with Gasteiger partial charge in [0.25, 0.3) is 0 Å². The predicted octanol–water partition coefficient (Wildman–Crippen LogP) is 5.37. The lowest BCUT2D eigenvalue weighted by molar-refractivity contribution is -0.114. The van der Waals surface area contributed by atoms with E-state index in [9.17, 15) is 4.79 Å². The largest absolute Gasteiger partial charge is 0.497 e. The first-order chi connectivity index (χ1) is 13.5. The molecule has 0 N–H and O–H groups in total. The number of rotatable bonds is 8. The van der Waals surface area contributed by atoms with Gasteiger partial charge in [0.15, 0.2) is 17.3 Å². The van der Waals surface area contributed by atoms with E-state index in [-0.39, 0.29) is 5.78 Å². The fourth-order valence-electron chi connectivity index (χ4n) is 3.32.